The Kier molecular flexibility index (Phi) is 6.10. The fourth-order valence-corrected chi connectivity index (χ4v) is 3.02. The van der Waals surface area contributed by atoms with E-state index in [0.29, 0.717) is 17.8 Å². The van der Waals surface area contributed by atoms with Crippen LogP contribution in [0.3, 0.4) is 0 Å². The van der Waals surface area contributed by atoms with Gasteiger partial charge >= 0.3 is 12.2 Å². The van der Waals surface area contributed by atoms with Gasteiger partial charge in [0, 0.05) is 18.7 Å². The molecule has 0 aliphatic carbocycles. The number of aliphatic hydroxyl groups excluding tert-OH is 1. The Bertz CT molecular complexity index is 546. The van der Waals surface area contributed by atoms with Crippen LogP contribution < -0.4 is 5.32 Å². The molecule has 0 radical (unpaired) electrons. The Hall–Kier alpha value is -1.76. The Labute approximate surface area is 139 Å². The maximum Gasteiger partial charge on any atom is 0.389 e. The average molecular weight is 344 g/mol. The van der Waals surface area contributed by atoms with Crippen molar-refractivity contribution in [2.24, 2.45) is 5.92 Å². The summed E-state index contributed by atoms with van der Waals surface area (Å²) in [6.45, 7) is 2.52. The lowest BCUT2D eigenvalue weighted by Crippen LogP contribution is -2.51. The van der Waals surface area contributed by atoms with Crippen molar-refractivity contribution < 1.29 is 23.1 Å². The van der Waals surface area contributed by atoms with Crippen molar-refractivity contribution in [2.45, 2.75) is 44.8 Å². The third kappa shape index (κ3) is 5.12. The van der Waals surface area contributed by atoms with Gasteiger partial charge in [-0.2, -0.15) is 13.2 Å². The lowest BCUT2D eigenvalue weighted by Gasteiger charge is -2.38. The quantitative estimate of drug-likeness (QED) is 0.873. The molecule has 1 aliphatic heterocycles. The van der Waals surface area contributed by atoms with E-state index in [-0.39, 0.29) is 31.0 Å². The number of carbonyl (C=O) groups excluding carboxylic acids is 1. The highest BCUT2D eigenvalue weighted by Gasteiger charge is 2.31. The second kappa shape index (κ2) is 7.88. The van der Waals surface area contributed by atoms with Gasteiger partial charge in [-0.25, -0.2) is 4.79 Å². The normalized spacial score (nSPS) is 21.6. The standard InChI is InChI=1S/C17H23F3N2O2/c1-12-3-2-10-22(15(12)11-23)16(24)21-14-6-4-13(5-7-14)8-9-17(18,19)20/h4-7,12,15,23H,2-3,8-11H2,1H3,(H,21,24). The lowest BCUT2D eigenvalue weighted by atomic mass is 9.91. The molecule has 2 atom stereocenters. The van der Waals surface area contributed by atoms with E-state index < -0.39 is 12.6 Å². The third-order valence-electron chi connectivity index (χ3n) is 4.47. The third-order valence-corrected chi connectivity index (χ3v) is 4.47. The molecular weight excluding hydrogens is 321 g/mol. The number of urea groups is 1. The molecule has 2 N–H and O–H groups in total. The summed E-state index contributed by atoms with van der Waals surface area (Å²) in [5.41, 5.74) is 1.11. The number of hydrogen-bond donors (Lipinski definition) is 2. The molecule has 2 unspecified atom stereocenters. The highest BCUT2D eigenvalue weighted by Crippen LogP contribution is 2.25. The van der Waals surface area contributed by atoms with Gasteiger partial charge in [0.25, 0.3) is 0 Å². The number of aryl methyl sites for hydroxylation is 1. The van der Waals surface area contributed by atoms with Crippen molar-refractivity contribution in [2.75, 3.05) is 18.5 Å². The molecule has 1 saturated heterocycles. The zero-order valence-electron chi connectivity index (χ0n) is 13.6. The van der Waals surface area contributed by atoms with Crippen molar-refractivity contribution in [3.05, 3.63) is 29.8 Å². The number of halogens is 3. The van der Waals surface area contributed by atoms with Crippen LogP contribution in [0.15, 0.2) is 24.3 Å². The van der Waals surface area contributed by atoms with E-state index in [4.69, 9.17) is 0 Å². The largest absolute Gasteiger partial charge is 0.394 e. The zero-order valence-corrected chi connectivity index (χ0v) is 13.6. The Balaban J connectivity index is 1.94. The van der Waals surface area contributed by atoms with Gasteiger partial charge in [0.15, 0.2) is 0 Å². The minimum absolute atomic E-state index is 0.0754. The highest BCUT2D eigenvalue weighted by atomic mass is 19.4. The molecule has 1 aliphatic rings. The molecule has 2 amide bonds. The number of nitrogens with one attached hydrogen (secondary N) is 1. The predicted octanol–water partition coefficient (Wildman–Crippen LogP) is 3.81. The Morgan fingerprint density at radius 2 is 2.00 bits per heavy atom. The summed E-state index contributed by atoms with van der Waals surface area (Å²) in [7, 11) is 0. The number of rotatable bonds is 4. The summed E-state index contributed by atoms with van der Waals surface area (Å²) in [6, 6.07) is 5.89. The van der Waals surface area contributed by atoms with Gasteiger partial charge in [-0.3, -0.25) is 0 Å². The lowest BCUT2D eigenvalue weighted by molar-refractivity contribution is -0.133. The molecule has 1 fully saturated rings. The monoisotopic (exact) mass is 344 g/mol. The number of amides is 2. The zero-order chi connectivity index (χ0) is 17.7. The first-order chi connectivity index (χ1) is 11.3. The van der Waals surface area contributed by atoms with Crippen LogP contribution >= 0.6 is 0 Å². The van der Waals surface area contributed by atoms with Gasteiger partial charge in [0.2, 0.25) is 0 Å². The predicted molar refractivity (Wildman–Crippen MR) is 85.8 cm³/mol. The molecular formula is C17H23F3N2O2. The first-order valence-corrected chi connectivity index (χ1v) is 8.14. The molecule has 1 aromatic rings. The first-order valence-electron chi connectivity index (χ1n) is 8.14. The van der Waals surface area contributed by atoms with Crippen molar-refractivity contribution in [1.82, 2.24) is 4.90 Å². The summed E-state index contributed by atoms with van der Waals surface area (Å²) in [5, 5.41) is 12.2. The second-order valence-electron chi connectivity index (χ2n) is 6.31. The van der Waals surface area contributed by atoms with E-state index in [2.05, 4.69) is 5.32 Å². The Morgan fingerprint density at radius 3 is 2.58 bits per heavy atom. The van der Waals surface area contributed by atoms with E-state index in [0.717, 1.165) is 12.8 Å². The number of likely N-dealkylation sites (tertiary alicyclic amines) is 1. The van der Waals surface area contributed by atoms with Crippen molar-refractivity contribution >= 4 is 11.7 Å². The van der Waals surface area contributed by atoms with Gasteiger partial charge in [-0.15, -0.1) is 0 Å². The first kappa shape index (κ1) is 18.6. The van der Waals surface area contributed by atoms with E-state index in [1.54, 1.807) is 29.2 Å². The van der Waals surface area contributed by atoms with Gasteiger partial charge < -0.3 is 15.3 Å². The number of nitrogens with zero attached hydrogens (tertiary/aromatic N) is 1. The fourth-order valence-electron chi connectivity index (χ4n) is 3.02. The van der Waals surface area contributed by atoms with Gasteiger partial charge in [-0.1, -0.05) is 19.1 Å². The maximum absolute atomic E-state index is 12.4. The summed E-state index contributed by atoms with van der Waals surface area (Å²) in [5.74, 6) is 0.235. The molecule has 0 bridgehead atoms. The van der Waals surface area contributed by atoms with Crippen molar-refractivity contribution in [3.8, 4) is 0 Å². The molecule has 24 heavy (non-hydrogen) atoms. The number of benzene rings is 1. The topological polar surface area (TPSA) is 52.6 Å². The van der Waals surface area contributed by atoms with Crippen LogP contribution in [0, 0.1) is 5.92 Å². The summed E-state index contributed by atoms with van der Waals surface area (Å²) >= 11 is 0. The summed E-state index contributed by atoms with van der Waals surface area (Å²) in [6.07, 6.45) is -3.24. The number of carbonyl (C=O) groups is 1. The fraction of sp³-hybridized carbons (Fsp3) is 0.588. The van der Waals surface area contributed by atoms with Gasteiger partial charge in [0.1, 0.15) is 0 Å². The van der Waals surface area contributed by atoms with Crippen molar-refractivity contribution in [1.29, 1.82) is 0 Å². The Morgan fingerprint density at radius 1 is 1.33 bits per heavy atom. The average Bonchev–Trinajstić information content (AvgIpc) is 2.53. The SMILES string of the molecule is CC1CCCN(C(=O)Nc2ccc(CCC(F)(F)F)cc2)C1CO. The minimum Gasteiger partial charge on any atom is -0.394 e. The molecule has 2 rings (SSSR count). The van der Waals surface area contributed by atoms with Gasteiger partial charge in [0.05, 0.1) is 12.6 Å². The van der Waals surface area contributed by atoms with Gasteiger partial charge in [-0.05, 0) is 42.9 Å². The van der Waals surface area contributed by atoms with Crippen LogP contribution in [0.1, 0.15) is 31.7 Å². The van der Waals surface area contributed by atoms with E-state index in [1.165, 1.54) is 0 Å². The van der Waals surface area contributed by atoms with Crippen LogP contribution in [-0.4, -0.2) is 41.4 Å². The van der Waals surface area contributed by atoms with Crippen molar-refractivity contribution in [3.63, 3.8) is 0 Å². The molecule has 0 spiro atoms. The highest BCUT2D eigenvalue weighted by molar-refractivity contribution is 5.89. The van der Waals surface area contributed by atoms with E-state index in [1.807, 2.05) is 6.92 Å². The molecule has 134 valence electrons. The van der Waals surface area contributed by atoms with E-state index in [9.17, 15) is 23.1 Å². The summed E-state index contributed by atoms with van der Waals surface area (Å²) in [4.78, 5) is 14.0. The van der Waals surface area contributed by atoms with E-state index >= 15 is 0 Å². The van der Waals surface area contributed by atoms with Crippen LogP contribution in [0.5, 0.6) is 0 Å². The number of aliphatic hydroxyl groups is 1. The minimum atomic E-state index is -4.17. The molecule has 7 heteroatoms. The van der Waals surface area contributed by atoms with Crippen LogP contribution in [0.2, 0.25) is 0 Å². The maximum atomic E-state index is 12.4. The number of piperidine rings is 1. The van der Waals surface area contributed by atoms with Crippen LogP contribution in [0.25, 0.3) is 0 Å². The smallest absolute Gasteiger partial charge is 0.389 e. The second-order valence-corrected chi connectivity index (χ2v) is 6.31. The molecule has 4 nitrogen and oxygen atoms in total. The molecule has 1 heterocycles. The summed E-state index contributed by atoms with van der Waals surface area (Å²) < 4.78 is 36.7. The molecule has 0 aromatic heterocycles. The van der Waals surface area contributed by atoms with Crippen LogP contribution in [0.4, 0.5) is 23.7 Å². The van der Waals surface area contributed by atoms with Crippen LogP contribution in [-0.2, 0) is 6.42 Å². The molecule has 1 aromatic carbocycles. The number of anilines is 1. The number of hydrogen-bond acceptors (Lipinski definition) is 2. The number of alkyl halides is 3. The molecule has 0 saturated carbocycles.